The van der Waals surface area contributed by atoms with Gasteiger partial charge in [0.15, 0.2) is 6.10 Å². The molecule has 0 aromatic carbocycles. The quantitative estimate of drug-likeness (QED) is 0.869. The van der Waals surface area contributed by atoms with E-state index in [1.807, 2.05) is 0 Å². The summed E-state index contributed by atoms with van der Waals surface area (Å²) in [6.45, 7) is 0.673. The van der Waals surface area contributed by atoms with Gasteiger partial charge in [0, 0.05) is 19.5 Å². The van der Waals surface area contributed by atoms with Crippen LogP contribution in [0.1, 0.15) is 44.9 Å². The number of amides is 1. The Kier molecular flexibility index (Phi) is 4.94. The minimum absolute atomic E-state index is 0.0665. The Labute approximate surface area is 117 Å². The Morgan fingerprint density at radius 1 is 1.15 bits per heavy atom. The van der Waals surface area contributed by atoms with Crippen LogP contribution in [0.3, 0.4) is 0 Å². The van der Waals surface area contributed by atoms with Crippen molar-refractivity contribution in [3.05, 3.63) is 0 Å². The number of carbonyl (C=O) groups excluding carboxylic acids is 1. The second-order valence-corrected chi connectivity index (χ2v) is 6.06. The summed E-state index contributed by atoms with van der Waals surface area (Å²) in [5.41, 5.74) is 0. The number of alkyl halides is 3. The van der Waals surface area contributed by atoms with E-state index in [0.29, 0.717) is 25.4 Å². The normalized spacial score (nSPS) is 24.1. The monoisotopic (exact) mass is 293 g/mol. The molecule has 0 bridgehead atoms. The van der Waals surface area contributed by atoms with E-state index in [1.165, 1.54) is 12.8 Å². The lowest BCUT2D eigenvalue weighted by molar-refractivity contribution is -0.222. The number of aliphatic hydroxyl groups excluding tert-OH is 1. The molecule has 1 atom stereocenters. The zero-order valence-corrected chi connectivity index (χ0v) is 11.5. The molecule has 1 heterocycles. The number of piperidine rings is 1. The van der Waals surface area contributed by atoms with Crippen LogP contribution in [0.15, 0.2) is 0 Å². The number of hydrogen-bond donors (Lipinski definition) is 1. The predicted molar refractivity (Wildman–Crippen MR) is 67.9 cm³/mol. The molecule has 2 rings (SSSR count). The summed E-state index contributed by atoms with van der Waals surface area (Å²) in [5, 5.41) is 9.24. The number of aliphatic hydroxyl groups is 1. The van der Waals surface area contributed by atoms with Crippen LogP contribution in [0, 0.1) is 11.8 Å². The molecule has 1 aliphatic heterocycles. The van der Waals surface area contributed by atoms with Crippen molar-refractivity contribution in [2.24, 2.45) is 11.8 Å². The first kappa shape index (κ1) is 15.6. The Hall–Kier alpha value is -0.780. The van der Waals surface area contributed by atoms with Gasteiger partial charge in [0.25, 0.3) is 0 Å². The highest BCUT2D eigenvalue weighted by molar-refractivity contribution is 5.76. The van der Waals surface area contributed by atoms with Crippen LogP contribution in [0.2, 0.25) is 0 Å². The number of halogens is 3. The summed E-state index contributed by atoms with van der Waals surface area (Å²) in [4.78, 5) is 13.7. The summed E-state index contributed by atoms with van der Waals surface area (Å²) in [7, 11) is 0. The predicted octanol–water partition coefficient (Wildman–Crippen LogP) is 2.73. The highest BCUT2D eigenvalue weighted by Crippen LogP contribution is 2.33. The fourth-order valence-electron chi connectivity index (χ4n) is 3.32. The van der Waals surface area contributed by atoms with Gasteiger partial charge in [-0.3, -0.25) is 4.79 Å². The van der Waals surface area contributed by atoms with Crippen molar-refractivity contribution in [3.8, 4) is 0 Å². The number of likely N-dealkylation sites (tertiary alicyclic amines) is 1. The molecular formula is C14H22F3NO2. The van der Waals surface area contributed by atoms with Gasteiger partial charge in [-0.25, -0.2) is 0 Å². The highest BCUT2D eigenvalue weighted by atomic mass is 19.4. The van der Waals surface area contributed by atoms with E-state index in [-0.39, 0.29) is 18.7 Å². The molecule has 2 aliphatic rings. The zero-order valence-electron chi connectivity index (χ0n) is 11.5. The van der Waals surface area contributed by atoms with E-state index >= 15 is 0 Å². The van der Waals surface area contributed by atoms with Gasteiger partial charge in [-0.05, 0) is 37.5 Å². The Bertz CT molecular complexity index is 332. The van der Waals surface area contributed by atoms with Gasteiger partial charge in [0.1, 0.15) is 0 Å². The minimum atomic E-state index is -4.55. The highest BCUT2D eigenvalue weighted by Gasteiger charge is 2.44. The second kappa shape index (κ2) is 6.33. The largest absolute Gasteiger partial charge is 0.414 e. The lowest BCUT2D eigenvalue weighted by Crippen LogP contribution is -2.45. The molecule has 1 N–H and O–H groups in total. The summed E-state index contributed by atoms with van der Waals surface area (Å²) in [6.07, 6.45) is -1.27. The maximum atomic E-state index is 12.4. The van der Waals surface area contributed by atoms with Crippen molar-refractivity contribution >= 4 is 5.91 Å². The first-order valence-electron chi connectivity index (χ1n) is 7.40. The first-order chi connectivity index (χ1) is 9.38. The van der Waals surface area contributed by atoms with Gasteiger partial charge >= 0.3 is 6.18 Å². The number of rotatable bonds is 3. The molecular weight excluding hydrogens is 271 g/mol. The fourth-order valence-corrected chi connectivity index (χ4v) is 3.32. The van der Waals surface area contributed by atoms with E-state index in [4.69, 9.17) is 0 Å². The molecule has 116 valence electrons. The van der Waals surface area contributed by atoms with Crippen LogP contribution in [0.4, 0.5) is 13.2 Å². The molecule has 1 aliphatic carbocycles. The van der Waals surface area contributed by atoms with Crippen molar-refractivity contribution in [1.82, 2.24) is 4.90 Å². The average molecular weight is 293 g/mol. The maximum Gasteiger partial charge on any atom is 0.414 e. The van der Waals surface area contributed by atoms with E-state index in [9.17, 15) is 23.1 Å². The lowest BCUT2D eigenvalue weighted by Gasteiger charge is -2.35. The smallest absolute Gasteiger partial charge is 0.383 e. The zero-order chi connectivity index (χ0) is 14.8. The topological polar surface area (TPSA) is 40.5 Å². The second-order valence-electron chi connectivity index (χ2n) is 6.06. The third-order valence-electron chi connectivity index (χ3n) is 4.61. The summed E-state index contributed by atoms with van der Waals surface area (Å²) in [6, 6.07) is 0. The van der Waals surface area contributed by atoms with Crippen LogP contribution in [0.5, 0.6) is 0 Å². The first-order valence-corrected chi connectivity index (χ1v) is 7.40. The van der Waals surface area contributed by atoms with Gasteiger partial charge in [0.05, 0.1) is 0 Å². The average Bonchev–Trinajstić information content (AvgIpc) is 2.90. The Morgan fingerprint density at radius 3 is 2.20 bits per heavy atom. The van der Waals surface area contributed by atoms with Crippen molar-refractivity contribution < 1.29 is 23.1 Å². The molecule has 0 spiro atoms. The van der Waals surface area contributed by atoms with Crippen molar-refractivity contribution in [1.29, 1.82) is 0 Å². The van der Waals surface area contributed by atoms with Gasteiger partial charge in [-0.1, -0.05) is 12.8 Å². The molecule has 1 unspecified atom stereocenters. The fraction of sp³-hybridized carbons (Fsp3) is 0.929. The Morgan fingerprint density at radius 2 is 1.70 bits per heavy atom. The van der Waals surface area contributed by atoms with E-state index in [0.717, 1.165) is 12.8 Å². The third-order valence-corrected chi connectivity index (χ3v) is 4.61. The summed E-state index contributed by atoms with van der Waals surface area (Å²) >= 11 is 0. The number of hydrogen-bond acceptors (Lipinski definition) is 2. The van der Waals surface area contributed by atoms with Gasteiger partial charge in [0.2, 0.25) is 5.91 Å². The van der Waals surface area contributed by atoms with Gasteiger partial charge < -0.3 is 10.0 Å². The number of nitrogens with zero attached hydrogens (tertiary/aromatic N) is 1. The molecule has 0 aromatic rings. The molecule has 1 saturated carbocycles. The van der Waals surface area contributed by atoms with Crippen LogP contribution < -0.4 is 0 Å². The van der Waals surface area contributed by atoms with Crippen LogP contribution in [0.25, 0.3) is 0 Å². The molecule has 0 aromatic heterocycles. The summed E-state index contributed by atoms with van der Waals surface area (Å²) < 4.78 is 37.3. The molecule has 2 fully saturated rings. The molecule has 6 heteroatoms. The molecule has 20 heavy (non-hydrogen) atoms. The minimum Gasteiger partial charge on any atom is -0.383 e. The van der Waals surface area contributed by atoms with Crippen molar-refractivity contribution in [2.75, 3.05) is 13.1 Å². The van der Waals surface area contributed by atoms with Crippen LogP contribution >= 0.6 is 0 Å². The van der Waals surface area contributed by atoms with E-state index in [2.05, 4.69) is 0 Å². The van der Waals surface area contributed by atoms with Crippen LogP contribution in [-0.4, -0.2) is 41.3 Å². The molecule has 3 nitrogen and oxygen atoms in total. The lowest BCUT2D eigenvalue weighted by atomic mass is 9.90. The van der Waals surface area contributed by atoms with Crippen molar-refractivity contribution in [2.45, 2.75) is 57.2 Å². The van der Waals surface area contributed by atoms with Gasteiger partial charge in [-0.15, -0.1) is 0 Å². The maximum absolute atomic E-state index is 12.4. The SMILES string of the molecule is O=C(CC1CCCC1)N1CCC(C(O)C(F)(F)F)CC1. The molecule has 1 amide bonds. The Balaban J connectivity index is 1.77. The standard InChI is InChI=1S/C14H22F3NO2/c15-14(16,17)13(20)11-5-7-18(8-6-11)12(19)9-10-3-1-2-4-10/h10-11,13,20H,1-9H2. The third kappa shape index (κ3) is 3.87. The molecule has 0 radical (unpaired) electrons. The summed E-state index contributed by atoms with van der Waals surface area (Å²) in [5.74, 6) is -0.247. The van der Waals surface area contributed by atoms with E-state index < -0.39 is 18.2 Å². The van der Waals surface area contributed by atoms with Gasteiger partial charge in [-0.2, -0.15) is 13.2 Å². The van der Waals surface area contributed by atoms with Crippen molar-refractivity contribution in [3.63, 3.8) is 0 Å². The molecule has 1 saturated heterocycles. The van der Waals surface area contributed by atoms with E-state index in [1.54, 1.807) is 4.90 Å². The number of carbonyl (C=O) groups is 1. The van der Waals surface area contributed by atoms with Crippen LogP contribution in [-0.2, 0) is 4.79 Å².